The van der Waals surface area contributed by atoms with Crippen molar-refractivity contribution in [3.05, 3.63) is 63.7 Å². The molecule has 2 atom stereocenters. The minimum Gasteiger partial charge on any atom is -0.373 e. The third-order valence-corrected chi connectivity index (χ3v) is 6.97. The topological polar surface area (TPSA) is 119 Å². The monoisotopic (exact) mass is 501 g/mol. The van der Waals surface area contributed by atoms with Crippen LogP contribution in [0.5, 0.6) is 0 Å². The first-order valence-corrected chi connectivity index (χ1v) is 11.6. The highest BCUT2D eigenvalue weighted by molar-refractivity contribution is 7.89. The van der Waals surface area contributed by atoms with Gasteiger partial charge in [-0.2, -0.15) is 17.5 Å². The average Bonchev–Trinajstić information content (AvgIpc) is 2.76. The molecule has 1 saturated heterocycles. The van der Waals surface area contributed by atoms with Crippen LogP contribution in [0, 0.1) is 10.1 Å². The second-order valence-electron chi connectivity index (χ2n) is 7.87. The largest absolute Gasteiger partial charge is 0.416 e. The van der Waals surface area contributed by atoms with E-state index in [2.05, 4.69) is 5.32 Å². The molecule has 0 aliphatic carbocycles. The Kier molecular flexibility index (Phi) is 7.29. The van der Waals surface area contributed by atoms with Crippen molar-refractivity contribution in [3.63, 3.8) is 0 Å². The lowest BCUT2D eigenvalue weighted by Crippen LogP contribution is -2.48. The molecule has 0 amide bonds. The van der Waals surface area contributed by atoms with Crippen LogP contribution in [0.3, 0.4) is 0 Å². The molecule has 1 fully saturated rings. The predicted octanol–water partition coefficient (Wildman–Crippen LogP) is 3.71. The fourth-order valence-electron chi connectivity index (χ4n) is 3.59. The van der Waals surface area contributed by atoms with E-state index in [0.717, 1.165) is 6.07 Å². The van der Waals surface area contributed by atoms with Gasteiger partial charge in [0.1, 0.15) is 5.69 Å². The number of morpholine rings is 1. The summed E-state index contributed by atoms with van der Waals surface area (Å²) < 4.78 is 71.5. The molecule has 2 unspecified atom stereocenters. The van der Waals surface area contributed by atoms with Crippen LogP contribution >= 0.6 is 0 Å². The summed E-state index contributed by atoms with van der Waals surface area (Å²) in [6.07, 6.45) is -5.36. The molecule has 1 N–H and O–H groups in total. The number of Topliss-reactive ketones (excluding diaryl/α,β-unsaturated/α-hetero) is 1. The van der Waals surface area contributed by atoms with E-state index in [1.807, 2.05) is 0 Å². The van der Waals surface area contributed by atoms with Gasteiger partial charge in [-0.15, -0.1) is 0 Å². The molecule has 2 aromatic rings. The van der Waals surface area contributed by atoms with Crippen molar-refractivity contribution in [2.45, 2.75) is 37.1 Å². The van der Waals surface area contributed by atoms with Crippen LogP contribution < -0.4 is 5.32 Å². The normalized spacial score (nSPS) is 19.6. The molecule has 1 aliphatic heterocycles. The molecule has 0 bridgehead atoms. The van der Waals surface area contributed by atoms with Gasteiger partial charge >= 0.3 is 6.18 Å². The van der Waals surface area contributed by atoms with Crippen molar-refractivity contribution in [1.29, 1.82) is 0 Å². The summed E-state index contributed by atoms with van der Waals surface area (Å²) in [5.41, 5.74) is -2.28. The Morgan fingerprint density at radius 1 is 1.18 bits per heavy atom. The Balaban J connectivity index is 1.78. The first kappa shape index (κ1) is 25.6. The fourth-order valence-corrected chi connectivity index (χ4v) is 5.23. The third-order valence-electron chi connectivity index (χ3n) is 5.14. The van der Waals surface area contributed by atoms with Crippen LogP contribution in [0.25, 0.3) is 0 Å². The maximum atomic E-state index is 13.0. The molecule has 0 spiro atoms. The lowest BCUT2D eigenvalue weighted by atomic mass is 10.1. The summed E-state index contributed by atoms with van der Waals surface area (Å²) in [6.45, 7) is 3.32. The van der Waals surface area contributed by atoms with E-state index >= 15 is 0 Å². The Hall–Kier alpha value is -3.03. The van der Waals surface area contributed by atoms with Crippen molar-refractivity contribution in [1.82, 2.24) is 4.31 Å². The lowest BCUT2D eigenvalue weighted by Gasteiger charge is -2.34. The second kappa shape index (κ2) is 9.68. The molecule has 1 aliphatic rings. The van der Waals surface area contributed by atoms with Crippen LogP contribution in [-0.4, -0.2) is 55.3 Å². The fraction of sp³-hybridized carbons (Fsp3) is 0.381. The molecule has 0 saturated carbocycles. The number of hydrogen-bond donors (Lipinski definition) is 1. The molecule has 9 nitrogen and oxygen atoms in total. The highest BCUT2D eigenvalue weighted by atomic mass is 32.2. The first-order chi connectivity index (χ1) is 15.8. The minimum absolute atomic E-state index is 0.0255. The van der Waals surface area contributed by atoms with Crippen LogP contribution in [0.1, 0.15) is 29.8 Å². The number of benzene rings is 2. The van der Waals surface area contributed by atoms with Crippen molar-refractivity contribution in [3.8, 4) is 0 Å². The molecule has 0 radical (unpaired) electrons. The minimum atomic E-state index is -4.76. The number of nitro groups is 1. The van der Waals surface area contributed by atoms with E-state index in [9.17, 15) is 36.5 Å². The summed E-state index contributed by atoms with van der Waals surface area (Å²) in [5.74, 6) is -0.602. The molecule has 1 heterocycles. The molecule has 13 heteroatoms. The van der Waals surface area contributed by atoms with Gasteiger partial charge < -0.3 is 10.1 Å². The van der Waals surface area contributed by atoms with Gasteiger partial charge in [-0.3, -0.25) is 14.9 Å². The molecule has 0 aromatic heterocycles. The average molecular weight is 501 g/mol. The quantitative estimate of drug-likeness (QED) is 0.349. The van der Waals surface area contributed by atoms with Gasteiger partial charge in [0, 0.05) is 24.7 Å². The van der Waals surface area contributed by atoms with Gasteiger partial charge in [-0.05, 0) is 38.1 Å². The second-order valence-corrected chi connectivity index (χ2v) is 9.81. The zero-order chi connectivity index (χ0) is 25.3. The summed E-state index contributed by atoms with van der Waals surface area (Å²) >= 11 is 0. The zero-order valence-corrected chi connectivity index (χ0v) is 19.0. The number of carbonyl (C=O) groups is 1. The SMILES string of the molecule is CC1CN(S(=O)(=O)c2cccc(C(=O)CNc3ccc(C(F)(F)F)cc3[N+](=O)[O-])c2)CC(C)O1. The van der Waals surface area contributed by atoms with Crippen molar-refractivity contribution < 1.29 is 36.0 Å². The highest BCUT2D eigenvalue weighted by Crippen LogP contribution is 2.35. The molecule has 2 aromatic carbocycles. The Bertz CT molecular complexity index is 1190. The van der Waals surface area contributed by atoms with E-state index in [1.54, 1.807) is 13.8 Å². The van der Waals surface area contributed by atoms with Crippen LogP contribution in [-0.2, 0) is 20.9 Å². The smallest absolute Gasteiger partial charge is 0.373 e. The Morgan fingerprint density at radius 2 is 1.82 bits per heavy atom. The van der Waals surface area contributed by atoms with Gasteiger partial charge in [0.15, 0.2) is 5.78 Å². The number of sulfonamides is 1. The number of ketones is 1. The standard InChI is InChI=1S/C21H22F3N3O6S/c1-13-11-26(12-14(2)33-13)34(31,32)17-5-3-4-15(8-17)20(28)10-25-18-7-6-16(21(22,23)24)9-19(18)27(29)30/h3-9,13-14,25H,10-12H2,1-2H3. The van der Waals surface area contributed by atoms with Gasteiger partial charge in [0.05, 0.1) is 34.1 Å². The number of nitro benzene ring substituents is 1. The number of halogens is 3. The molecule has 3 rings (SSSR count). The zero-order valence-electron chi connectivity index (χ0n) is 18.2. The van der Waals surface area contributed by atoms with E-state index in [1.165, 1.54) is 28.6 Å². The first-order valence-electron chi connectivity index (χ1n) is 10.2. The lowest BCUT2D eigenvalue weighted by molar-refractivity contribution is -0.384. The predicted molar refractivity (Wildman–Crippen MR) is 116 cm³/mol. The number of nitrogens with one attached hydrogen (secondary N) is 1. The number of anilines is 1. The summed E-state index contributed by atoms with van der Waals surface area (Å²) in [5, 5.41) is 13.7. The number of rotatable bonds is 7. The van der Waals surface area contributed by atoms with Crippen molar-refractivity contribution >= 4 is 27.2 Å². The number of carbonyl (C=O) groups excluding carboxylic acids is 1. The maximum Gasteiger partial charge on any atom is 0.416 e. The maximum absolute atomic E-state index is 13.0. The third kappa shape index (κ3) is 5.72. The number of alkyl halides is 3. The van der Waals surface area contributed by atoms with Crippen molar-refractivity contribution in [2.24, 2.45) is 0 Å². The van der Waals surface area contributed by atoms with Gasteiger partial charge in [0.2, 0.25) is 10.0 Å². The van der Waals surface area contributed by atoms with Crippen LogP contribution in [0.4, 0.5) is 24.5 Å². The van der Waals surface area contributed by atoms with Crippen molar-refractivity contribution in [2.75, 3.05) is 25.0 Å². The Morgan fingerprint density at radius 3 is 2.41 bits per heavy atom. The number of nitrogens with zero attached hydrogens (tertiary/aromatic N) is 2. The molecule has 34 heavy (non-hydrogen) atoms. The highest BCUT2D eigenvalue weighted by Gasteiger charge is 2.34. The van der Waals surface area contributed by atoms with Gasteiger partial charge in [-0.25, -0.2) is 8.42 Å². The van der Waals surface area contributed by atoms with Crippen LogP contribution in [0.15, 0.2) is 47.4 Å². The summed E-state index contributed by atoms with van der Waals surface area (Å²) in [7, 11) is -3.90. The van der Waals surface area contributed by atoms with Gasteiger partial charge in [-0.1, -0.05) is 12.1 Å². The Labute approximate surface area is 193 Å². The van der Waals surface area contributed by atoms with E-state index < -0.39 is 44.7 Å². The van der Waals surface area contributed by atoms with E-state index in [4.69, 9.17) is 4.74 Å². The van der Waals surface area contributed by atoms with E-state index in [-0.39, 0.29) is 41.4 Å². The molecular formula is C21H22F3N3O6S. The molecule has 184 valence electrons. The summed E-state index contributed by atoms with van der Waals surface area (Å²) in [4.78, 5) is 22.8. The number of hydrogen-bond acceptors (Lipinski definition) is 7. The number of ether oxygens (including phenoxy) is 1. The van der Waals surface area contributed by atoms with Crippen LogP contribution in [0.2, 0.25) is 0 Å². The summed E-state index contributed by atoms with van der Waals surface area (Å²) in [6, 6.07) is 7.25. The molecular weight excluding hydrogens is 479 g/mol. The van der Waals surface area contributed by atoms with E-state index in [0.29, 0.717) is 12.1 Å². The van der Waals surface area contributed by atoms with Gasteiger partial charge in [0.25, 0.3) is 5.69 Å².